The third-order valence-electron chi connectivity index (χ3n) is 4.62. The third kappa shape index (κ3) is 3.83. The van der Waals surface area contributed by atoms with E-state index >= 15 is 0 Å². The molecule has 0 spiro atoms. The van der Waals surface area contributed by atoms with Crippen LogP contribution < -0.4 is 0 Å². The summed E-state index contributed by atoms with van der Waals surface area (Å²) >= 11 is 0. The zero-order valence-electron chi connectivity index (χ0n) is 14.3. The summed E-state index contributed by atoms with van der Waals surface area (Å²) < 4.78 is 25.4. The van der Waals surface area contributed by atoms with Crippen LogP contribution in [0.1, 0.15) is 17.8 Å². The van der Waals surface area contributed by atoms with Crippen molar-refractivity contribution in [1.82, 2.24) is 19.7 Å². The maximum absolute atomic E-state index is 11.8. The highest BCUT2D eigenvalue weighted by Crippen LogP contribution is 2.23. The molecule has 3 heterocycles. The fraction of sp³-hybridized carbons (Fsp3) is 0.316. The summed E-state index contributed by atoms with van der Waals surface area (Å²) in [6.07, 6.45) is 3.03. The van der Waals surface area contributed by atoms with E-state index in [0.29, 0.717) is 25.2 Å². The molecular weight excluding hydrogens is 348 g/mol. The smallest absolute Gasteiger partial charge is 0.200 e. The second kappa shape index (κ2) is 6.99. The Morgan fingerprint density at radius 2 is 1.88 bits per heavy atom. The van der Waals surface area contributed by atoms with E-state index in [1.54, 1.807) is 6.20 Å². The zero-order chi connectivity index (χ0) is 18.0. The van der Waals surface area contributed by atoms with E-state index < -0.39 is 9.84 Å². The van der Waals surface area contributed by atoms with Crippen LogP contribution >= 0.6 is 0 Å². The number of nitrogens with zero attached hydrogens (tertiary/aromatic N) is 4. The Labute approximate surface area is 152 Å². The van der Waals surface area contributed by atoms with Crippen molar-refractivity contribution in [2.45, 2.75) is 19.4 Å². The van der Waals surface area contributed by atoms with Gasteiger partial charge in [0.15, 0.2) is 15.7 Å². The molecule has 134 valence electrons. The molecule has 1 aromatic carbocycles. The number of sulfone groups is 1. The molecule has 1 fully saturated rings. The minimum absolute atomic E-state index is 0.107. The second-order valence-corrected chi connectivity index (χ2v) is 8.91. The molecular formula is C19H20N4O2S. The summed E-state index contributed by atoms with van der Waals surface area (Å²) in [5, 5.41) is 4.65. The van der Waals surface area contributed by atoms with Gasteiger partial charge in [-0.1, -0.05) is 36.4 Å². The summed E-state index contributed by atoms with van der Waals surface area (Å²) in [7, 11) is -2.90. The largest absolute Gasteiger partial charge is 0.253 e. The average Bonchev–Trinajstić information content (AvgIpc) is 3.20. The van der Waals surface area contributed by atoms with Crippen LogP contribution in [0.5, 0.6) is 0 Å². The summed E-state index contributed by atoms with van der Waals surface area (Å²) in [4.78, 5) is 9.01. The standard InChI is InChI=1S/C19H20N4O2S/c24-26(25)11-9-16(14-26)12-18-21-19(17-8-4-5-10-20-17)22-23(18)13-15-6-2-1-3-7-15/h1-8,10,16H,9,11-14H2/t16-/m1/s1. The van der Waals surface area contributed by atoms with E-state index in [4.69, 9.17) is 0 Å². The predicted molar refractivity (Wildman–Crippen MR) is 99.3 cm³/mol. The highest BCUT2D eigenvalue weighted by atomic mass is 32.2. The molecule has 0 saturated carbocycles. The Bertz CT molecular complexity index is 985. The van der Waals surface area contributed by atoms with Crippen LogP contribution in [0.15, 0.2) is 54.7 Å². The zero-order valence-corrected chi connectivity index (χ0v) is 15.1. The lowest BCUT2D eigenvalue weighted by Gasteiger charge is -2.09. The van der Waals surface area contributed by atoms with E-state index in [9.17, 15) is 8.42 Å². The molecule has 2 aromatic heterocycles. The molecule has 26 heavy (non-hydrogen) atoms. The van der Waals surface area contributed by atoms with E-state index in [1.807, 2.05) is 53.2 Å². The minimum Gasteiger partial charge on any atom is -0.253 e. The SMILES string of the molecule is O=S1(=O)CC[C@H](Cc2nc(-c3ccccn3)nn2Cc2ccccc2)C1. The van der Waals surface area contributed by atoms with Gasteiger partial charge in [-0.3, -0.25) is 4.98 Å². The Morgan fingerprint density at radius 3 is 2.58 bits per heavy atom. The van der Waals surface area contributed by atoms with Crippen molar-refractivity contribution in [2.75, 3.05) is 11.5 Å². The van der Waals surface area contributed by atoms with Gasteiger partial charge in [-0.25, -0.2) is 18.1 Å². The molecule has 0 bridgehead atoms. The van der Waals surface area contributed by atoms with Gasteiger partial charge in [-0.05, 0) is 30.0 Å². The van der Waals surface area contributed by atoms with Crippen molar-refractivity contribution in [3.63, 3.8) is 0 Å². The van der Waals surface area contributed by atoms with Crippen molar-refractivity contribution in [2.24, 2.45) is 5.92 Å². The summed E-state index contributed by atoms with van der Waals surface area (Å²) in [6, 6.07) is 15.7. The van der Waals surface area contributed by atoms with Gasteiger partial charge in [0.1, 0.15) is 11.5 Å². The Hall–Kier alpha value is -2.54. The first-order chi connectivity index (χ1) is 12.6. The van der Waals surface area contributed by atoms with Crippen molar-refractivity contribution < 1.29 is 8.42 Å². The minimum atomic E-state index is -2.90. The van der Waals surface area contributed by atoms with Crippen molar-refractivity contribution in [1.29, 1.82) is 0 Å². The molecule has 0 amide bonds. The molecule has 1 aliphatic rings. The van der Waals surface area contributed by atoms with Gasteiger partial charge in [-0.15, -0.1) is 5.10 Å². The van der Waals surface area contributed by atoms with Gasteiger partial charge >= 0.3 is 0 Å². The fourth-order valence-electron chi connectivity index (χ4n) is 3.30. The van der Waals surface area contributed by atoms with Crippen LogP contribution in [0.2, 0.25) is 0 Å². The molecule has 4 rings (SSSR count). The van der Waals surface area contributed by atoms with E-state index in [1.165, 1.54) is 0 Å². The summed E-state index contributed by atoms with van der Waals surface area (Å²) in [5.74, 6) is 2.02. The molecule has 3 aromatic rings. The van der Waals surface area contributed by atoms with Crippen molar-refractivity contribution in [3.05, 3.63) is 66.1 Å². The average molecular weight is 368 g/mol. The maximum atomic E-state index is 11.8. The molecule has 1 atom stereocenters. The van der Waals surface area contributed by atoms with Gasteiger partial charge in [-0.2, -0.15) is 0 Å². The quantitative estimate of drug-likeness (QED) is 0.691. The molecule has 1 saturated heterocycles. The van der Waals surface area contributed by atoms with Crippen molar-refractivity contribution >= 4 is 9.84 Å². The maximum Gasteiger partial charge on any atom is 0.200 e. The van der Waals surface area contributed by atoms with Gasteiger partial charge < -0.3 is 0 Å². The lowest BCUT2D eigenvalue weighted by molar-refractivity contribution is 0.534. The van der Waals surface area contributed by atoms with E-state index in [-0.39, 0.29) is 17.4 Å². The molecule has 1 aliphatic heterocycles. The van der Waals surface area contributed by atoms with Crippen molar-refractivity contribution in [3.8, 4) is 11.5 Å². The van der Waals surface area contributed by atoms with Crippen LogP contribution in [0.3, 0.4) is 0 Å². The van der Waals surface area contributed by atoms with Crippen LogP contribution in [0.4, 0.5) is 0 Å². The lowest BCUT2D eigenvalue weighted by Crippen LogP contribution is -2.13. The number of rotatable bonds is 5. The Balaban J connectivity index is 1.65. The van der Waals surface area contributed by atoms with Crippen LogP contribution in [-0.4, -0.2) is 39.7 Å². The highest BCUT2D eigenvalue weighted by molar-refractivity contribution is 7.91. The summed E-state index contributed by atoms with van der Waals surface area (Å²) in [6.45, 7) is 0.607. The topological polar surface area (TPSA) is 77.7 Å². The second-order valence-electron chi connectivity index (χ2n) is 6.68. The lowest BCUT2D eigenvalue weighted by atomic mass is 10.1. The molecule has 7 heteroatoms. The molecule has 0 N–H and O–H groups in total. The molecule has 6 nitrogen and oxygen atoms in total. The Morgan fingerprint density at radius 1 is 1.08 bits per heavy atom. The highest BCUT2D eigenvalue weighted by Gasteiger charge is 2.29. The normalized spacial score (nSPS) is 18.8. The fourth-order valence-corrected chi connectivity index (χ4v) is 5.16. The number of hydrogen-bond donors (Lipinski definition) is 0. The first kappa shape index (κ1) is 16.9. The molecule has 0 aliphatic carbocycles. The predicted octanol–water partition coefficient (Wildman–Crippen LogP) is 2.37. The number of pyridine rings is 1. The van der Waals surface area contributed by atoms with Crippen LogP contribution in [-0.2, 0) is 22.8 Å². The van der Waals surface area contributed by atoms with E-state index in [2.05, 4.69) is 15.1 Å². The first-order valence-electron chi connectivity index (χ1n) is 8.68. The van der Waals surface area contributed by atoms with Gasteiger partial charge in [0.25, 0.3) is 0 Å². The van der Waals surface area contributed by atoms with Gasteiger partial charge in [0.05, 0.1) is 18.1 Å². The molecule has 0 unspecified atom stereocenters. The Kier molecular flexibility index (Phi) is 4.55. The van der Waals surface area contributed by atoms with Gasteiger partial charge in [0, 0.05) is 12.6 Å². The van der Waals surface area contributed by atoms with E-state index in [0.717, 1.165) is 17.1 Å². The van der Waals surface area contributed by atoms with Gasteiger partial charge in [0.2, 0.25) is 0 Å². The number of aromatic nitrogens is 4. The van der Waals surface area contributed by atoms with Crippen LogP contribution in [0, 0.1) is 5.92 Å². The van der Waals surface area contributed by atoms with Crippen LogP contribution in [0.25, 0.3) is 11.5 Å². The molecule has 0 radical (unpaired) electrons. The third-order valence-corrected chi connectivity index (χ3v) is 6.45. The number of benzene rings is 1. The number of hydrogen-bond acceptors (Lipinski definition) is 5. The monoisotopic (exact) mass is 368 g/mol. The summed E-state index contributed by atoms with van der Waals surface area (Å²) in [5.41, 5.74) is 1.85. The first-order valence-corrected chi connectivity index (χ1v) is 10.5.